The van der Waals surface area contributed by atoms with Crippen LogP contribution in [-0.4, -0.2) is 23.3 Å². The van der Waals surface area contributed by atoms with E-state index in [0.717, 1.165) is 27.1 Å². The number of halogens is 1. The van der Waals surface area contributed by atoms with Crippen molar-refractivity contribution >= 4 is 45.9 Å². The Morgan fingerprint density at radius 1 is 1.19 bits per heavy atom. The minimum atomic E-state index is -0.331. The maximum absolute atomic E-state index is 12.7. The van der Waals surface area contributed by atoms with Gasteiger partial charge >= 0.3 is 0 Å². The lowest BCUT2D eigenvalue weighted by Crippen LogP contribution is -2.22. The Balaban J connectivity index is 1.80. The summed E-state index contributed by atoms with van der Waals surface area (Å²) in [4.78, 5) is 17.4. The highest BCUT2D eigenvalue weighted by molar-refractivity contribution is 8.00. The molecule has 1 N–H and O–H groups in total. The molecule has 1 amide bonds. The van der Waals surface area contributed by atoms with E-state index in [-0.39, 0.29) is 11.2 Å². The lowest BCUT2D eigenvalue weighted by atomic mass is 10.1. The summed E-state index contributed by atoms with van der Waals surface area (Å²) in [5.74, 6) is 0.435. The molecule has 3 aromatic rings. The Bertz CT molecular complexity index is 1010. The molecule has 0 saturated carbocycles. The van der Waals surface area contributed by atoms with Crippen LogP contribution in [0.1, 0.15) is 18.1 Å². The van der Waals surface area contributed by atoms with Crippen molar-refractivity contribution in [1.82, 2.24) is 4.98 Å². The van der Waals surface area contributed by atoms with Crippen LogP contribution < -0.4 is 10.1 Å². The van der Waals surface area contributed by atoms with Gasteiger partial charge in [-0.15, -0.1) is 0 Å². The number of thioether (sulfide) groups is 1. The van der Waals surface area contributed by atoms with Gasteiger partial charge in [-0.2, -0.15) is 0 Å². The van der Waals surface area contributed by atoms with Crippen LogP contribution in [0.15, 0.2) is 47.5 Å². The van der Waals surface area contributed by atoms with Gasteiger partial charge in [0.05, 0.1) is 28.6 Å². The van der Waals surface area contributed by atoms with Gasteiger partial charge in [-0.3, -0.25) is 4.79 Å². The van der Waals surface area contributed by atoms with Crippen LogP contribution in [0.3, 0.4) is 0 Å². The van der Waals surface area contributed by atoms with Crippen molar-refractivity contribution < 1.29 is 9.53 Å². The summed E-state index contributed by atoms with van der Waals surface area (Å²) in [6.45, 7) is 5.97. The Hall–Kier alpha value is -2.24. The Labute approximate surface area is 168 Å². The number of para-hydroxylation sites is 1. The zero-order chi connectivity index (χ0) is 19.6. The van der Waals surface area contributed by atoms with E-state index >= 15 is 0 Å². The first-order chi connectivity index (χ1) is 12.9. The van der Waals surface area contributed by atoms with Gasteiger partial charge in [0, 0.05) is 10.4 Å². The van der Waals surface area contributed by atoms with Gasteiger partial charge in [0.2, 0.25) is 5.91 Å². The molecule has 0 aliphatic carbocycles. The van der Waals surface area contributed by atoms with E-state index in [2.05, 4.69) is 18.3 Å². The van der Waals surface area contributed by atoms with Crippen molar-refractivity contribution in [2.24, 2.45) is 0 Å². The number of hydrogen-bond donors (Lipinski definition) is 1. The zero-order valence-electron chi connectivity index (χ0n) is 15.7. The van der Waals surface area contributed by atoms with E-state index in [1.807, 2.05) is 32.0 Å². The summed E-state index contributed by atoms with van der Waals surface area (Å²) in [5, 5.41) is 5.06. The number of nitrogens with zero attached hydrogens (tertiary/aromatic N) is 1. The number of ether oxygens (including phenoxy) is 1. The average molecular weight is 401 g/mol. The van der Waals surface area contributed by atoms with Gasteiger partial charge in [0.15, 0.2) is 0 Å². The number of aromatic nitrogens is 1. The third-order valence-electron chi connectivity index (χ3n) is 4.31. The molecule has 1 atom stereocenters. The van der Waals surface area contributed by atoms with Crippen molar-refractivity contribution in [3.05, 3.63) is 58.6 Å². The maximum Gasteiger partial charge on any atom is 0.237 e. The summed E-state index contributed by atoms with van der Waals surface area (Å²) in [6, 6.07) is 13.3. The van der Waals surface area contributed by atoms with Crippen molar-refractivity contribution in [3.8, 4) is 5.75 Å². The number of anilines is 1. The molecule has 3 rings (SSSR count). The van der Waals surface area contributed by atoms with Crippen molar-refractivity contribution in [1.29, 1.82) is 0 Å². The summed E-state index contributed by atoms with van der Waals surface area (Å²) >= 11 is 7.46. The molecule has 6 heteroatoms. The van der Waals surface area contributed by atoms with E-state index in [1.54, 1.807) is 25.3 Å². The highest BCUT2D eigenvalue weighted by atomic mass is 35.5. The van der Waals surface area contributed by atoms with Crippen molar-refractivity contribution in [2.75, 3.05) is 12.4 Å². The van der Waals surface area contributed by atoms with E-state index in [4.69, 9.17) is 21.3 Å². The first-order valence-electron chi connectivity index (χ1n) is 8.57. The standard InChI is InChI=1S/C21H21ClN2O2S/c1-12-6-5-7-16-13(2)10-19(24-20(12)16)27-14(3)21(25)23-17-11-15(22)8-9-18(17)26-4/h5-11,14H,1-4H3,(H,23,25)/t14-/m1/s1. The Morgan fingerprint density at radius 3 is 2.70 bits per heavy atom. The molecule has 0 unspecified atom stereocenters. The SMILES string of the molecule is COc1ccc(Cl)cc1NC(=O)[C@@H](C)Sc1cc(C)c2cccc(C)c2n1. The lowest BCUT2D eigenvalue weighted by Gasteiger charge is -2.15. The molecule has 0 radical (unpaired) electrons. The molecule has 0 spiro atoms. The molecule has 4 nitrogen and oxygen atoms in total. The molecule has 0 saturated heterocycles. The van der Waals surface area contributed by atoms with E-state index < -0.39 is 0 Å². The van der Waals surface area contributed by atoms with Crippen LogP contribution in [0.25, 0.3) is 10.9 Å². The predicted octanol–water partition coefficient (Wildman–Crippen LogP) is 5.63. The molecule has 140 valence electrons. The Morgan fingerprint density at radius 2 is 1.96 bits per heavy atom. The largest absolute Gasteiger partial charge is 0.495 e. The van der Waals surface area contributed by atoms with Crippen molar-refractivity contribution in [3.63, 3.8) is 0 Å². The molecule has 27 heavy (non-hydrogen) atoms. The van der Waals surface area contributed by atoms with Crippen LogP contribution in [0, 0.1) is 13.8 Å². The fourth-order valence-corrected chi connectivity index (χ4v) is 3.93. The number of carbonyl (C=O) groups excluding carboxylic acids is 1. The molecular formula is C21H21ClN2O2S. The number of amides is 1. The normalized spacial score (nSPS) is 12.0. The molecule has 2 aromatic carbocycles. The third kappa shape index (κ3) is 4.37. The van der Waals surface area contributed by atoms with Gasteiger partial charge in [-0.05, 0) is 56.2 Å². The minimum Gasteiger partial charge on any atom is -0.495 e. The average Bonchev–Trinajstić information content (AvgIpc) is 2.63. The first kappa shape index (κ1) is 19.5. The third-order valence-corrected chi connectivity index (χ3v) is 5.56. The molecule has 1 heterocycles. The highest BCUT2D eigenvalue weighted by Gasteiger charge is 2.18. The minimum absolute atomic E-state index is 0.134. The Kier molecular flexibility index (Phi) is 5.92. The van der Waals surface area contributed by atoms with Gasteiger partial charge in [0.1, 0.15) is 5.75 Å². The van der Waals surface area contributed by atoms with Crippen molar-refractivity contribution in [2.45, 2.75) is 31.0 Å². The first-order valence-corrected chi connectivity index (χ1v) is 9.83. The number of aryl methyl sites for hydroxylation is 2. The maximum atomic E-state index is 12.7. The molecule has 0 bridgehead atoms. The molecule has 0 aliphatic heterocycles. The van der Waals surface area contributed by atoms with Gasteiger partial charge in [-0.1, -0.05) is 41.6 Å². The quantitative estimate of drug-likeness (QED) is 0.563. The zero-order valence-corrected chi connectivity index (χ0v) is 17.2. The van der Waals surface area contributed by atoms with Crippen LogP contribution in [0.5, 0.6) is 5.75 Å². The number of carbonyl (C=O) groups is 1. The van der Waals surface area contributed by atoms with E-state index in [9.17, 15) is 4.79 Å². The number of pyridine rings is 1. The second-order valence-corrected chi connectivity index (χ2v) is 8.14. The smallest absolute Gasteiger partial charge is 0.237 e. The number of benzene rings is 2. The summed E-state index contributed by atoms with van der Waals surface area (Å²) in [5.41, 5.74) is 3.80. The van der Waals surface area contributed by atoms with Gasteiger partial charge < -0.3 is 10.1 Å². The predicted molar refractivity (Wildman–Crippen MR) is 113 cm³/mol. The van der Waals surface area contributed by atoms with Crippen LogP contribution in [-0.2, 0) is 4.79 Å². The van der Waals surface area contributed by atoms with Crippen LogP contribution in [0.4, 0.5) is 5.69 Å². The van der Waals surface area contributed by atoms with Crippen LogP contribution in [0.2, 0.25) is 5.02 Å². The van der Waals surface area contributed by atoms with Gasteiger partial charge in [0.25, 0.3) is 0 Å². The number of nitrogens with one attached hydrogen (secondary N) is 1. The van der Waals surface area contributed by atoms with Gasteiger partial charge in [-0.25, -0.2) is 4.98 Å². The number of fused-ring (bicyclic) bond motifs is 1. The van der Waals surface area contributed by atoms with E-state index in [0.29, 0.717) is 16.5 Å². The number of methoxy groups -OCH3 is 1. The molecule has 0 aliphatic rings. The number of rotatable bonds is 5. The summed E-state index contributed by atoms with van der Waals surface area (Å²) in [6.07, 6.45) is 0. The highest BCUT2D eigenvalue weighted by Crippen LogP contribution is 2.31. The van der Waals surface area contributed by atoms with E-state index in [1.165, 1.54) is 11.8 Å². The summed E-state index contributed by atoms with van der Waals surface area (Å²) in [7, 11) is 1.56. The lowest BCUT2D eigenvalue weighted by molar-refractivity contribution is -0.115. The fraction of sp³-hybridized carbons (Fsp3) is 0.238. The molecule has 0 fully saturated rings. The molecule has 1 aromatic heterocycles. The number of hydrogen-bond acceptors (Lipinski definition) is 4. The second-order valence-electron chi connectivity index (χ2n) is 6.34. The summed E-state index contributed by atoms with van der Waals surface area (Å²) < 4.78 is 5.28. The molecular weight excluding hydrogens is 380 g/mol. The topological polar surface area (TPSA) is 51.2 Å². The van der Waals surface area contributed by atoms with Crippen LogP contribution >= 0.6 is 23.4 Å². The second kappa shape index (κ2) is 8.19. The monoisotopic (exact) mass is 400 g/mol. The fourth-order valence-electron chi connectivity index (χ4n) is 2.84.